The summed E-state index contributed by atoms with van der Waals surface area (Å²) >= 11 is 1.24. The van der Waals surface area contributed by atoms with Gasteiger partial charge in [0, 0.05) is 27.9 Å². The van der Waals surface area contributed by atoms with E-state index in [4.69, 9.17) is 0 Å². The number of H-pyrrole nitrogens is 1. The fourth-order valence-electron chi connectivity index (χ4n) is 2.77. The van der Waals surface area contributed by atoms with Gasteiger partial charge in [0.05, 0.1) is 11.9 Å². The van der Waals surface area contributed by atoms with Crippen molar-refractivity contribution in [1.82, 2.24) is 15.4 Å². The molecule has 1 aliphatic rings. The number of hydrogen-bond acceptors (Lipinski definition) is 6. The van der Waals surface area contributed by atoms with E-state index in [1.165, 1.54) is 18.0 Å². The molecule has 1 heterocycles. The normalized spacial score (nSPS) is 12.5. The lowest BCUT2D eigenvalue weighted by atomic mass is 9.84. The van der Waals surface area contributed by atoms with Crippen LogP contribution in [-0.2, 0) is 4.79 Å². The Morgan fingerprint density at radius 1 is 1.00 bits per heavy atom. The summed E-state index contributed by atoms with van der Waals surface area (Å²) in [6.45, 7) is 0. The second kappa shape index (κ2) is 6.57. The van der Waals surface area contributed by atoms with Crippen molar-refractivity contribution >= 4 is 34.9 Å². The fraction of sp³-hybridized carbons (Fsp3) is 0.0556. The largest absolute Gasteiger partial charge is 0.325 e. The Bertz CT molecular complexity index is 1030. The van der Waals surface area contributed by atoms with Gasteiger partial charge < -0.3 is 5.32 Å². The molecule has 2 N–H and O–H groups in total. The van der Waals surface area contributed by atoms with E-state index in [0.29, 0.717) is 33.0 Å². The summed E-state index contributed by atoms with van der Waals surface area (Å²) in [6.07, 6.45) is 1.53. The number of anilines is 1. The van der Waals surface area contributed by atoms with Crippen LogP contribution in [0.15, 0.2) is 53.7 Å². The number of hydrogen-bond donors (Lipinski definition) is 2. The van der Waals surface area contributed by atoms with Crippen LogP contribution in [0.5, 0.6) is 0 Å². The molecular formula is C18H12N4O3S. The number of rotatable bonds is 4. The summed E-state index contributed by atoms with van der Waals surface area (Å²) in [5, 5.41) is 13.3. The molecule has 1 aliphatic carbocycles. The number of aromatic amines is 1. The van der Waals surface area contributed by atoms with Crippen molar-refractivity contribution in [2.75, 3.05) is 11.1 Å². The van der Waals surface area contributed by atoms with E-state index in [1.54, 1.807) is 42.5 Å². The second-order valence-electron chi connectivity index (χ2n) is 5.61. The Labute approximate surface area is 152 Å². The van der Waals surface area contributed by atoms with Crippen molar-refractivity contribution in [1.29, 1.82) is 0 Å². The number of amides is 1. The van der Waals surface area contributed by atoms with Gasteiger partial charge >= 0.3 is 0 Å². The summed E-state index contributed by atoms with van der Waals surface area (Å²) in [5.74, 6) is -0.495. The first-order chi connectivity index (χ1) is 12.6. The number of carbonyl (C=O) groups excluding carboxylic acids is 3. The molecule has 0 spiro atoms. The van der Waals surface area contributed by atoms with Gasteiger partial charge in [0.1, 0.15) is 5.03 Å². The third-order valence-corrected chi connectivity index (χ3v) is 4.85. The SMILES string of the molecule is O=C(CSc1cn[nH]n1)Nc1ccc2c(c1)C(=O)c1ccccc1C2=O. The minimum Gasteiger partial charge on any atom is -0.325 e. The van der Waals surface area contributed by atoms with E-state index in [0.717, 1.165) is 0 Å². The number of carbonyl (C=O) groups is 3. The first kappa shape index (κ1) is 16.2. The summed E-state index contributed by atoms with van der Waals surface area (Å²) in [5.41, 5.74) is 1.91. The molecule has 0 saturated carbocycles. The van der Waals surface area contributed by atoms with Gasteiger partial charge in [-0.05, 0) is 18.2 Å². The Kier molecular flexibility index (Phi) is 4.10. The highest BCUT2D eigenvalue weighted by atomic mass is 32.2. The lowest BCUT2D eigenvalue weighted by molar-refractivity contribution is -0.113. The van der Waals surface area contributed by atoms with Gasteiger partial charge in [-0.15, -0.1) is 5.10 Å². The quantitative estimate of drug-likeness (QED) is 0.539. The van der Waals surface area contributed by atoms with Gasteiger partial charge in [-0.2, -0.15) is 10.3 Å². The molecule has 128 valence electrons. The summed E-state index contributed by atoms with van der Waals surface area (Å²) in [6, 6.07) is 11.5. The molecular weight excluding hydrogens is 352 g/mol. The standard InChI is InChI=1S/C18H12N4O3S/c23-15(9-26-16-8-19-22-21-16)20-10-5-6-13-14(7-10)18(25)12-4-2-1-3-11(12)17(13)24/h1-8H,9H2,(H,20,23)(H,19,21,22). The zero-order valence-corrected chi connectivity index (χ0v) is 14.2. The van der Waals surface area contributed by atoms with Crippen LogP contribution in [0.3, 0.4) is 0 Å². The minimum atomic E-state index is -0.243. The monoisotopic (exact) mass is 364 g/mol. The molecule has 2 aromatic carbocycles. The van der Waals surface area contributed by atoms with Gasteiger partial charge in [0.25, 0.3) is 0 Å². The van der Waals surface area contributed by atoms with Crippen molar-refractivity contribution in [3.8, 4) is 0 Å². The topological polar surface area (TPSA) is 105 Å². The van der Waals surface area contributed by atoms with Crippen LogP contribution in [0.4, 0.5) is 5.69 Å². The van der Waals surface area contributed by atoms with E-state index in [-0.39, 0.29) is 23.2 Å². The van der Waals surface area contributed by atoms with E-state index < -0.39 is 0 Å². The second-order valence-corrected chi connectivity index (χ2v) is 6.60. The van der Waals surface area contributed by atoms with Crippen LogP contribution in [-0.4, -0.2) is 38.6 Å². The number of fused-ring (bicyclic) bond motifs is 2. The Morgan fingerprint density at radius 3 is 2.38 bits per heavy atom. The summed E-state index contributed by atoms with van der Waals surface area (Å²) < 4.78 is 0. The van der Waals surface area contributed by atoms with E-state index in [9.17, 15) is 14.4 Å². The average molecular weight is 364 g/mol. The maximum atomic E-state index is 12.7. The molecule has 0 saturated heterocycles. The molecule has 0 fully saturated rings. The Balaban J connectivity index is 1.54. The van der Waals surface area contributed by atoms with Crippen molar-refractivity contribution in [3.63, 3.8) is 0 Å². The molecule has 1 amide bonds. The molecule has 4 rings (SSSR count). The van der Waals surface area contributed by atoms with Crippen LogP contribution in [0.1, 0.15) is 31.8 Å². The van der Waals surface area contributed by atoms with Crippen LogP contribution in [0.25, 0.3) is 0 Å². The van der Waals surface area contributed by atoms with E-state index in [1.807, 2.05) is 0 Å². The highest BCUT2D eigenvalue weighted by Crippen LogP contribution is 2.29. The van der Waals surface area contributed by atoms with Crippen LogP contribution >= 0.6 is 11.8 Å². The molecule has 26 heavy (non-hydrogen) atoms. The van der Waals surface area contributed by atoms with Gasteiger partial charge in [-0.3, -0.25) is 14.4 Å². The molecule has 7 nitrogen and oxygen atoms in total. The number of benzene rings is 2. The maximum absolute atomic E-state index is 12.7. The van der Waals surface area contributed by atoms with Crippen molar-refractivity contribution in [2.24, 2.45) is 0 Å². The molecule has 0 unspecified atom stereocenters. The fourth-order valence-corrected chi connectivity index (χ4v) is 3.36. The zero-order valence-electron chi connectivity index (χ0n) is 13.4. The molecule has 8 heteroatoms. The third kappa shape index (κ3) is 2.91. The molecule has 0 atom stereocenters. The molecule has 3 aromatic rings. The highest BCUT2D eigenvalue weighted by molar-refractivity contribution is 7.99. The van der Waals surface area contributed by atoms with E-state index in [2.05, 4.69) is 20.7 Å². The minimum absolute atomic E-state index is 0.152. The first-order valence-corrected chi connectivity index (χ1v) is 8.73. The van der Waals surface area contributed by atoms with Crippen molar-refractivity contribution in [3.05, 3.63) is 70.9 Å². The molecule has 1 aromatic heterocycles. The molecule has 0 aliphatic heterocycles. The number of thioether (sulfide) groups is 1. The van der Waals surface area contributed by atoms with Crippen molar-refractivity contribution < 1.29 is 14.4 Å². The summed E-state index contributed by atoms with van der Waals surface area (Å²) in [4.78, 5) is 37.3. The predicted molar refractivity (Wildman–Crippen MR) is 95.5 cm³/mol. The summed E-state index contributed by atoms with van der Waals surface area (Å²) in [7, 11) is 0. The van der Waals surface area contributed by atoms with Gasteiger partial charge in [0.2, 0.25) is 5.91 Å². The maximum Gasteiger partial charge on any atom is 0.234 e. The third-order valence-electron chi connectivity index (χ3n) is 3.95. The molecule has 0 bridgehead atoms. The Hall–Kier alpha value is -3.26. The Morgan fingerprint density at radius 2 is 1.69 bits per heavy atom. The zero-order chi connectivity index (χ0) is 18.1. The van der Waals surface area contributed by atoms with Gasteiger partial charge in [-0.1, -0.05) is 36.0 Å². The van der Waals surface area contributed by atoms with Crippen LogP contribution < -0.4 is 5.32 Å². The number of aromatic nitrogens is 3. The number of ketones is 2. The highest BCUT2D eigenvalue weighted by Gasteiger charge is 2.29. The van der Waals surface area contributed by atoms with Gasteiger partial charge in [0.15, 0.2) is 11.6 Å². The number of nitrogens with zero attached hydrogens (tertiary/aromatic N) is 2. The number of nitrogens with one attached hydrogen (secondary N) is 2. The lowest BCUT2D eigenvalue weighted by Gasteiger charge is -2.18. The van der Waals surface area contributed by atoms with Crippen molar-refractivity contribution in [2.45, 2.75) is 5.03 Å². The van der Waals surface area contributed by atoms with E-state index >= 15 is 0 Å². The average Bonchev–Trinajstić information content (AvgIpc) is 3.18. The van der Waals surface area contributed by atoms with Crippen LogP contribution in [0, 0.1) is 0 Å². The van der Waals surface area contributed by atoms with Gasteiger partial charge in [-0.25, -0.2) is 0 Å². The predicted octanol–water partition coefficient (Wildman–Crippen LogP) is 2.31. The lowest BCUT2D eigenvalue weighted by Crippen LogP contribution is -2.21. The first-order valence-electron chi connectivity index (χ1n) is 7.74. The van der Waals surface area contributed by atoms with Crippen LogP contribution in [0.2, 0.25) is 0 Å². The smallest absolute Gasteiger partial charge is 0.234 e. The molecule has 0 radical (unpaired) electrons.